The molecule has 0 atom stereocenters. The van der Waals surface area contributed by atoms with E-state index in [2.05, 4.69) is 20.0 Å². The molecule has 12 nitrogen and oxygen atoms in total. The number of rotatable bonds is 11. The van der Waals surface area contributed by atoms with E-state index in [1.54, 1.807) is 63.5 Å². The third-order valence-electron chi connectivity index (χ3n) is 6.30. The second-order valence-corrected chi connectivity index (χ2v) is 11.9. The zero-order valence-corrected chi connectivity index (χ0v) is 27.1. The zero-order chi connectivity index (χ0) is 32.6. The SMILES string of the molecule is COc1cccc(COc2cnccc2CNC2=C(C(=O)NSc3cccc(Cl)c3OC)C(=O)N(C(=O)OC(C)(C)C)CC2)n1. The number of nitrogens with one attached hydrogen (secondary N) is 2. The maximum Gasteiger partial charge on any atom is 0.417 e. The summed E-state index contributed by atoms with van der Waals surface area (Å²) in [6.45, 7) is 5.48. The first-order chi connectivity index (χ1) is 21.5. The molecule has 1 aliphatic rings. The summed E-state index contributed by atoms with van der Waals surface area (Å²) < 4.78 is 24.6. The number of nitrogens with zero attached hydrogens (tertiary/aromatic N) is 3. The Morgan fingerprint density at radius 1 is 1.09 bits per heavy atom. The van der Waals surface area contributed by atoms with Gasteiger partial charge in [0, 0.05) is 43.0 Å². The maximum atomic E-state index is 13.6. The highest BCUT2D eigenvalue weighted by Crippen LogP contribution is 2.34. The maximum absolute atomic E-state index is 13.6. The number of aromatic nitrogens is 2. The van der Waals surface area contributed by atoms with Gasteiger partial charge in [0.1, 0.15) is 23.5 Å². The van der Waals surface area contributed by atoms with Gasteiger partial charge in [-0.3, -0.25) is 19.3 Å². The van der Waals surface area contributed by atoms with Crippen LogP contribution in [0.4, 0.5) is 4.79 Å². The van der Waals surface area contributed by atoms with Gasteiger partial charge in [-0.1, -0.05) is 23.7 Å². The molecule has 4 rings (SSSR count). The molecule has 3 aromatic rings. The molecule has 0 unspecified atom stereocenters. The standard InChI is InChI=1S/C31H34ClN5O7S/c1-31(2,3)44-30(40)37-15-13-22(26(29(37)39)28(38)36-45-24-10-7-9-21(32)27(24)42-5)34-16-19-12-14-33-17-23(19)43-18-20-8-6-11-25(35-20)41-4/h6-12,14,17,34H,13,15-16,18H2,1-5H3,(H,36,38). The van der Waals surface area contributed by atoms with Crippen LogP contribution in [-0.2, 0) is 27.5 Å². The number of ether oxygens (including phenoxy) is 4. The van der Waals surface area contributed by atoms with Crippen LogP contribution in [0.1, 0.15) is 38.4 Å². The molecule has 2 N–H and O–H groups in total. The summed E-state index contributed by atoms with van der Waals surface area (Å²) in [5.41, 5.74) is 0.679. The molecule has 0 spiro atoms. The van der Waals surface area contributed by atoms with Gasteiger partial charge in [-0.05, 0) is 57.0 Å². The van der Waals surface area contributed by atoms with Gasteiger partial charge < -0.3 is 24.3 Å². The van der Waals surface area contributed by atoms with Crippen molar-refractivity contribution in [3.63, 3.8) is 0 Å². The number of benzene rings is 1. The van der Waals surface area contributed by atoms with E-state index in [-0.39, 0.29) is 31.7 Å². The first kappa shape index (κ1) is 33.4. The number of halogens is 1. The number of methoxy groups -OCH3 is 2. The molecule has 0 aliphatic carbocycles. The lowest BCUT2D eigenvalue weighted by atomic mass is 10.0. The van der Waals surface area contributed by atoms with Gasteiger partial charge in [-0.25, -0.2) is 14.7 Å². The third kappa shape index (κ3) is 8.79. The Hall–Kier alpha value is -4.49. The fraction of sp³-hybridized carbons (Fsp3) is 0.323. The van der Waals surface area contributed by atoms with Crippen LogP contribution in [0.15, 0.2) is 71.0 Å². The quantitative estimate of drug-likeness (QED) is 0.211. The Kier molecular flexibility index (Phi) is 11.1. The van der Waals surface area contributed by atoms with Crippen LogP contribution in [0.25, 0.3) is 0 Å². The van der Waals surface area contributed by atoms with Gasteiger partial charge in [0.15, 0.2) is 5.75 Å². The Balaban J connectivity index is 1.56. The van der Waals surface area contributed by atoms with Gasteiger partial charge in [-0.2, -0.15) is 0 Å². The predicted molar refractivity (Wildman–Crippen MR) is 168 cm³/mol. The van der Waals surface area contributed by atoms with Crippen molar-refractivity contribution < 1.29 is 33.3 Å². The molecule has 0 bridgehead atoms. The van der Waals surface area contributed by atoms with Gasteiger partial charge in [0.2, 0.25) is 5.88 Å². The van der Waals surface area contributed by atoms with Crippen molar-refractivity contribution in [3.8, 4) is 17.4 Å². The molecule has 3 heterocycles. The molecular weight excluding hydrogens is 622 g/mol. The molecule has 0 saturated heterocycles. The van der Waals surface area contributed by atoms with E-state index in [1.165, 1.54) is 14.2 Å². The summed E-state index contributed by atoms with van der Waals surface area (Å²) in [6, 6.07) is 12.2. The fourth-order valence-corrected chi connectivity index (χ4v) is 5.27. The molecule has 3 amide bonds. The number of amides is 3. The normalized spacial score (nSPS) is 13.3. The minimum Gasteiger partial charge on any atom is -0.494 e. The highest BCUT2D eigenvalue weighted by atomic mass is 35.5. The van der Waals surface area contributed by atoms with Crippen LogP contribution in [0.3, 0.4) is 0 Å². The molecule has 45 heavy (non-hydrogen) atoms. The third-order valence-corrected chi connectivity index (χ3v) is 7.43. The average molecular weight is 656 g/mol. The van der Waals surface area contributed by atoms with Crippen LogP contribution in [0.2, 0.25) is 5.02 Å². The van der Waals surface area contributed by atoms with E-state index in [9.17, 15) is 14.4 Å². The molecule has 0 saturated carbocycles. The molecule has 1 aliphatic heterocycles. The summed E-state index contributed by atoms with van der Waals surface area (Å²) in [5.74, 6) is -0.169. The number of hydrogen-bond donors (Lipinski definition) is 2. The lowest BCUT2D eigenvalue weighted by molar-refractivity contribution is -0.130. The van der Waals surface area contributed by atoms with Crippen LogP contribution in [0.5, 0.6) is 17.4 Å². The molecular formula is C31H34ClN5O7S. The summed E-state index contributed by atoms with van der Waals surface area (Å²) in [6.07, 6.45) is 2.54. The number of imide groups is 1. The van der Waals surface area contributed by atoms with Gasteiger partial charge in [0.05, 0.1) is 36.0 Å². The number of hydrogen-bond acceptors (Lipinski definition) is 11. The molecule has 2 aromatic heterocycles. The molecule has 14 heteroatoms. The molecule has 0 radical (unpaired) electrons. The Morgan fingerprint density at radius 2 is 1.87 bits per heavy atom. The number of para-hydroxylation sites is 1. The van der Waals surface area contributed by atoms with Crippen molar-refractivity contribution in [1.82, 2.24) is 24.9 Å². The highest BCUT2D eigenvalue weighted by molar-refractivity contribution is 7.98. The van der Waals surface area contributed by atoms with E-state index in [4.69, 9.17) is 30.5 Å². The molecule has 1 aromatic carbocycles. The van der Waals surface area contributed by atoms with Gasteiger partial charge in [-0.15, -0.1) is 0 Å². The van der Waals surface area contributed by atoms with Crippen molar-refractivity contribution in [1.29, 1.82) is 0 Å². The van der Waals surface area contributed by atoms with Crippen molar-refractivity contribution in [2.45, 2.75) is 50.8 Å². The zero-order valence-electron chi connectivity index (χ0n) is 25.5. The number of carbonyl (C=O) groups excluding carboxylic acids is 3. The Bertz CT molecular complexity index is 1590. The number of pyridine rings is 2. The van der Waals surface area contributed by atoms with E-state index >= 15 is 0 Å². The number of carbonyl (C=O) groups is 3. The highest BCUT2D eigenvalue weighted by Gasteiger charge is 2.37. The minimum atomic E-state index is -0.836. The van der Waals surface area contributed by atoms with Crippen molar-refractivity contribution in [2.75, 3.05) is 20.8 Å². The monoisotopic (exact) mass is 655 g/mol. The topological polar surface area (TPSA) is 141 Å². The average Bonchev–Trinajstić information content (AvgIpc) is 3.01. The Morgan fingerprint density at radius 3 is 2.60 bits per heavy atom. The van der Waals surface area contributed by atoms with Crippen molar-refractivity contribution in [3.05, 3.63) is 82.4 Å². The van der Waals surface area contributed by atoms with Gasteiger partial charge >= 0.3 is 6.09 Å². The lowest BCUT2D eigenvalue weighted by Gasteiger charge is -2.31. The lowest BCUT2D eigenvalue weighted by Crippen LogP contribution is -2.48. The van der Waals surface area contributed by atoms with Crippen LogP contribution in [-0.4, -0.2) is 59.1 Å². The second kappa shape index (κ2) is 15.0. The largest absolute Gasteiger partial charge is 0.494 e. The summed E-state index contributed by atoms with van der Waals surface area (Å²) in [5, 5.41) is 3.58. The van der Waals surface area contributed by atoms with E-state index in [0.717, 1.165) is 22.4 Å². The minimum absolute atomic E-state index is 0.0172. The van der Waals surface area contributed by atoms with Crippen LogP contribution < -0.4 is 24.2 Å². The Labute approximate surface area is 270 Å². The van der Waals surface area contributed by atoms with Crippen molar-refractivity contribution in [2.24, 2.45) is 0 Å². The smallest absolute Gasteiger partial charge is 0.417 e. The van der Waals surface area contributed by atoms with E-state index < -0.39 is 23.5 Å². The molecule has 238 valence electrons. The van der Waals surface area contributed by atoms with Crippen LogP contribution in [0, 0.1) is 0 Å². The van der Waals surface area contributed by atoms with E-state index in [0.29, 0.717) is 38.7 Å². The predicted octanol–water partition coefficient (Wildman–Crippen LogP) is 5.06. The summed E-state index contributed by atoms with van der Waals surface area (Å²) in [7, 11) is 3.00. The first-order valence-electron chi connectivity index (χ1n) is 13.9. The van der Waals surface area contributed by atoms with E-state index in [1.807, 2.05) is 12.1 Å². The summed E-state index contributed by atoms with van der Waals surface area (Å²) >= 11 is 7.16. The van der Waals surface area contributed by atoms with Crippen molar-refractivity contribution >= 4 is 41.5 Å². The van der Waals surface area contributed by atoms with Gasteiger partial charge in [0.25, 0.3) is 11.8 Å². The van der Waals surface area contributed by atoms with Crippen LogP contribution >= 0.6 is 23.5 Å². The molecule has 0 fully saturated rings. The first-order valence-corrected chi connectivity index (χ1v) is 15.1. The summed E-state index contributed by atoms with van der Waals surface area (Å²) in [4.78, 5) is 50.1. The second-order valence-electron chi connectivity index (χ2n) is 10.6. The fourth-order valence-electron chi connectivity index (χ4n) is 4.23.